The number of nitrogens with one attached hydrogen (secondary N) is 1. The zero-order valence-electron chi connectivity index (χ0n) is 12.0. The van der Waals surface area contributed by atoms with Gasteiger partial charge >= 0.3 is 0 Å². The molecule has 0 unspecified atom stereocenters. The molecule has 1 spiro atoms. The highest BCUT2D eigenvalue weighted by Crippen LogP contribution is 2.44. The molecular formula is C14H26ClN3O2. The lowest BCUT2D eigenvalue weighted by Gasteiger charge is -2.44. The highest BCUT2D eigenvalue weighted by atomic mass is 35.5. The van der Waals surface area contributed by atoms with Gasteiger partial charge in [0.05, 0.1) is 13.1 Å². The molecule has 1 saturated heterocycles. The second-order valence-corrected chi connectivity index (χ2v) is 5.92. The van der Waals surface area contributed by atoms with Crippen LogP contribution >= 0.6 is 12.4 Å². The first-order valence-corrected chi connectivity index (χ1v) is 7.40. The van der Waals surface area contributed by atoms with Gasteiger partial charge in [-0.05, 0) is 31.1 Å². The van der Waals surface area contributed by atoms with Crippen LogP contribution < -0.4 is 11.1 Å². The summed E-state index contributed by atoms with van der Waals surface area (Å²) < 4.78 is 0. The topological polar surface area (TPSA) is 75.4 Å². The molecule has 1 aliphatic carbocycles. The monoisotopic (exact) mass is 303 g/mol. The summed E-state index contributed by atoms with van der Waals surface area (Å²) in [5.41, 5.74) is 5.70. The van der Waals surface area contributed by atoms with Gasteiger partial charge in [-0.1, -0.05) is 19.3 Å². The van der Waals surface area contributed by atoms with Crippen LogP contribution in [0.2, 0.25) is 0 Å². The number of likely N-dealkylation sites (tertiary alicyclic amines) is 1. The molecule has 5 nitrogen and oxygen atoms in total. The van der Waals surface area contributed by atoms with Crippen molar-refractivity contribution < 1.29 is 9.59 Å². The van der Waals surface area contributed by atoms with Crippen molar-refractivity contribution in [2.24, 2.45) is 11.1 Å². The number of nitrogens with zero attached hydrogens (tertiary/aromatic N) is 1. The third kappa shape index (κ3) is 4.35. The van der Waals surface area contributed by atoms with E-state index in [0.29, 0.717) is 5.41 Å². The molecule has 2 amide bonds. The molecule has 0 atom stereocenters. The van der Waals surface area contributed by atoms with E-state index in [1.807, 2.05) is 4.90 Å². The van der Waals surface area contributed by atoms with E-state index in [0.717, 1.165) is 25.9 Å². The van der Waals surface area contributed by atoms with Gasteiger partial charge in [-0.2, -0.15) is 0 Å². The molecule has 1 aliphatic heterocycles. The summed E-state index contributed by atoms with van der Waals surface area (Å²) >= 11 is 0. The maximum Gasteiger partial charge on any atom is 0.241 e. The lowest BCUT2D eigenvalue weighted by Crippen LogP contribution is -2.47. The fourth-order valence-corrected chi connectivity index (χ4v) is 3.39. The summed E-state index contributed by atoms with van der Waals surface area (Å²) in [6.07, 6.45) is 8.99. The molecule has 0 radical (unpaired) electrons. The summed E-state index contributed by atoms with van der Waals surface area (Å²) in [7, 11) is 0. The van der Waals surface area contributed by atoms with Crippen molar-refractivity contribution in [1.29, 1.82) is 0 Å². The van der Waals surface area contributed by atoms with Gasteiger partial charge in [0, 0.05) is 13.1 Å². The first-order valence-electron chi connectivity index (χ1n) is 7.40. The Hall–Kier alpha value is -0.810. The van der Waals surface area contributed by atoms with E-state index < -0.39 is 0 Å². The summed E-state index contributed by atoms with van der Waals surface area (Å²) in [6, 6.07) is 0. The third-order valence-electron chi connectivity index (χ3n) is 4.71. The van der Waals surface area contributed by atoms with Gasteiger partial charge in [0.15, 0.2) is 0 Å². The van der Waals surface area contributed by atoms with Crippen molar-refractivity contribution in [3.05, 3.63) is 0 Å². The molecule has 6 heteroatoms. The first kappa shape index (κ1) is 17.2. The molecule has 20 heavy (non-hydrogen) atoms. The first-order chi connectivity index (χ1) is 9.15. The number of piperidine rings is 1. The maximum atomic E-state index is 12.0. The SMILES string of the molecule is Cl.NCC(=O)NCC(=O)N1CCC2(CCCCC2)CC1. The molecule has 0 aromatic carbocycles. The van der Waals surface area contributed by atoms with Crippen molar-refractivity contribution in [3.63, 3.8) is 0 Å². The van der Waals surface area contributed by atoms with Gasteiger partial charge in [-0.3, -0.25) is 9.59 Å². The van der Waals surface area contributed by atoms with E-state index in [9.17, 15) is 9.59 Å². The Morgan fingerprint density at radius 1 is 1.05 bits per heavy atom. The molecule has 1 saturated carbocycles. The van der Waals surface area contributed by atoms with Crippen LogP contribution in [0, 0.1) is 5.41 Å². The van der Waals surface area contributed by atoms with E-state index in [-0.39, 0.29) is 37.3 Å². The molecule has 116 valence electrons. The number of halogens is 1. The van der Waals surface area contributed by atoms with E-state index in [1.165, 1.54) is 32.1 Å². The number of hydrogen-bond acceptors (Lipinski definition) is 3. The van der Waals surface area contributed by atoms with Crippen LogP contribution in [0.1, 0.15) is 44.9 Å². The molecular weight excluding hydrogens is 278 g/mol. The zero-order valence-corrected chi connectivity index (χ0v) is 12.8. The number of hydrogen-bond donors (Lipinski definition) is 2. The van der Waals surface area contributed by atoms with Gasteiger partial charge in [0.25, 0.3) is 0 Å². The van der Waals surface area contributed by atoms with Crippen LogP contribution in [0.25, 0.3) is 0 Å². The number of rotatable bonds is 3. The average Bonchev–Trinajstić information content (AvgIpc) is 2.46. The Balaban J connectivity index is 0.00000200. The van der Waals surface area contributed by atoms with Gasteiger partial charge in [0.2, 0.25) is 11.8 Å². The number of amides is 2. The zero-order chi connectivity index (χ0) is 13.7. The Morgan fingerprint density at radius 3 is 2.20 bits per heavy atom. The quantitative estimate of drug-likeness (QED) is 0.818. The number of nitrogens with two attached hydrogens (primary N) is 1. The Morgan fingerprint density at radius 2 is 1.65 bits per heavy atom. The van der Waals surface area contributed by atoms with Gasteiger partial charge < -0.3 is 16.0 Å². The average molecular weight is 304 g/mol. The molecule has 0 aromatic heterocycles. The molecule has 0 bridgehead atoms. The van der Waals surface area contributed by atoms with E-state index in [4.69, 9.17) is 5.73 Å². The third-order valence-corrected chi connectivity index (χ3v) is 4.71. The normalized spacial score (nSPS) is 21.1. The minimum atomic E-state index is -0.269. The largest absolute Gasteiger partial charge is 0.346 e. The number of carbonyl (C=O) groups excluding carboxylic acids is 2. The minimum Gasteiger partial charge on any atom is -0.346 e. The van der Waals surface area contributed by atoms with Gasteiger partial charge in [-0.25, -0.2) is 0 Å². The summed E-state index contributed by atoms with van der Waals surface area (Å²) in [6.45, 7) is 1.72. The van der Waals surface area contributed by atoms with E-state index in [1.54, 1.807) is 0 Å². The second kappa shape index (κ2) is 7.84. The Labute approximate surface area is 127 Å². The maximum absolute atomic E-state index is 12.0. The highest BCUT2D eigenvalue weighted by molar-refractivity contribution is 5.85. The van der Waals surface area contributed by atoms with E-state index in [2.05, 4.69) is 5.32 Å². The summed E-state index contributed by atoms with van der Waals surface area (Å²) in [4.78, 5) is 24.9. The smallest absolute Gasteiger partial charge is 0.241 e. The van der Waals surface area contributed by atoms with Gasteiger partial charge in [0.1, 0.15) is 0 Å². The minimum absolute atomic E-state index is 0. The molecule has 0 aromatic rings. The van der Waals surface area contributed by atoms with Crippen molar-refractivity contribution in [1.82, 2.24) is 10.2 Å². The predicted molar refractivity (Wildman–Crippen MR) is 80.6 cm³/mol. The highest BCUT2D eigenvalue weighted by Gasteiger charge is 2.36. The van der Waals surface area contributed by atoms with Crippen molar-refractivity contribution >= 4 is 24.2 Å². The van der Waals surface area contributed by atoms with Gasteiger partial charge in [-0.15, -0.1) is 12.4 Å². The molecule has 3 N–H and O–H groups in total. The van der Waals surface area contributed by atoms with Crippen molar-refractivity contribution in [2.75, 3.05) is 26.2 Å². The van der Waals surface area contributed by atoms with Crippen LogP contribution in [0.5, 0.6) is 0 Å². The molecule has 2 rings (SSSR count). The summed E-state index contributed by atoms with van der Waals surface area (Å²) in [5.74, 6) is -0.249. The second-order valence-electron chi connectivity index (χ2n) is 5.92. The van der Waals surface area contributed by atoms with Crippen LogP contribution in [0.3, 0.4) is 0 Å². The number of carbonyl (C=O) groups is 2. The molecule has 2 fully saturated rings. The lowest BCUT2D eigenvalue weighted by atomic mass is 9.68. The van der Waals surface area contributed by atoms with Crippen molar-refractivity contribution in [3.8, 4) is 0 Å². The van der Waals surface area contributed by atoms with Crippen LogP contribution in [-0.2, 0) is 9.59 Å². The Kier molecular flexibility index (Phi) is 6.76. The lowest BCUT2D eigenvalue weighted by molar-refractivity contribution is -0.134. The molecule has 2 aliphatic rings. The predicted octanol–water partition coefficient (Wildman–Crippen LogP) is 1.06. The van der Waals surface area contributed by atoms with Crippen molar-refractivity contribution in [2.45, 2.75) is 44.9 Å². The fourth-order valence-electron chi connectivity index (χ4n) is 3.39. The van der Waals surface area contributed by atoms with E-state index >= 15 is 0 Å². The van der Waals surface area contributed by atoms with Crippen LogP contribution in [0.15, 0.2) is 0 Å². The fraction of sp³-hybridized carbons (Fsp3) is 0.857. The van der Waals surface area contributed by atoms with Crippen LogP contribution in [0.4, 0.5) is 0 Å². The molecule has 1 heterocycles. The van der Waals surface area contributed by atoms with Crippen LogP contribution in [-0.4, -0.2) is 42.9 Å². The standard InChI is InChI=1S/C14H25N3O2.ClH/c15-10-12(18)16-11-13(19)17-8-6-14(7-9-17)4-2-1-3-5-14;/h1-11,15H2,(H,16,18);1H. The summed E-state index contributed by atoms with van der Waals surface area (Å²) in [5, 5.41) is 2.55. The Bertz CT molecular complexity index is 333.